The number of carbonyl (C=O) groups is 1. The normalized spacial score (nSPS) is 21.5. The van der Waals surface area contributed by atoms with Gasteiger partial charge in [0.05, 0.1) is 13.2 Å². The highest BCUT2D eigenvalue weighted by molar-refractivity contribution is 5.89. The van der Waals surface area contributed by atoms with E-state index in [1.807, 2.05) is 19.1 Å². The van der Waals surface area contributed by atoms with E-state index in [4.69, 9.17) is 9.47 Å². The van der Waals surface area contributed by atoms with E-state index < -0.39 is 0 Å². The van der Waals surface area contributed by atoms with Gasteiger partial charge in [0.1, 0.15) is 12.4 Å². The third-order valence-electron chi connectivity index (χ3n) is 5.11. The first-order valence-electron chi connectivity index (χ1n) is 7.97. The lowest BCUT2D eigenvalue weighted by Gasteiger charge is -2.18. The molecule has 2 fully saturated rings. The number of methoxy groups -OCH3 is 1. The second-order valence-electron chi connectivity index (χ2n) is 6.63. The average Bonchev–Trinajstić information content (AvgIpc) is 3.23. The van der Waals surface area contributed by atoms with Crippen molar-refractivity contribution < 1.29 is 14.3 Å². The van der Waals surface area contributed by atoms with Gasteiger partial charge >= 0.3 is 0 Å². The maximum atomic E-state index is 11.7. The Bertz CT molecular complexity index is 783. The summed E-state index contributed by atoms with van der Waals surface area (Å²) >= 11 is 0. The van der Waals surface area contributed by atoms with Crippen LogP contribution in [0.25, 0.3) is 10.8 Å². The summed E-state index contributed by atoms with van der Waals surface area (Å²) in [6.07, 6.45) is 4.60. The van der Waals surface area contributed by atoms with E-state index in [9.17, 15) is 4.79 Å². The molecule has 2 heterocycles. The number of pyridine rings is 1. The summed E-state index contributed by atoms with van der Waals surface area (Å²) in [4.78, 5) is 16.0. The van der Waals surface area contributed by atoms with Crippen LogP contribution in [0.15, 0.2) is 24.4 Å². The van der Waals surface area contributed by atoms with Gasteiger partial charge in [-0.1, -0.05) is 0 Å². The Balaban J connectivity index is 1.60. The third-order valence-corrected chi connectivity index (χ3v) is 5.11. The molecule has 1 saturated carbocycles. The molecule has 2 aliphatic rings. The second-order valence-corrected chi connectivity index (χ2v) is 6.63. The number of hydrogen-bond acceptors (Lipinski definition) is 4. The van der Waals surface area contributed by atoms with Crippen LogP contribution in [-0.2, 0) is 4.79 Å². The van der Waals surface area contributed by atoms with Gasteiger partial charge in [0.2, 0.25) is 11.8 Å². The van der Waals surface area contributed by atoms with E-state index in [2.05, 4.69) is 16.4 Å². The number of aromatic nitrogens is 1. The number of ether oxygens (including phenoxy) is 2. The molecule has 1 saturated heterocycles. The molecule has 1 aromatic heterocycles. The van der Waals surface area contributed by atoms with Gasteiger partial charge in [-0.05, 0) is 48.9 Å². The molecule has 1 unspecified atom stereocenters. The van der Waals surface area contributed by atoms with Crippen molar-refractivity contribution in [2.75, 3.05) is 13.7 Å². The topological polar surface area (TPSA) is 60.5 Å². The molecular weight excluding hydrogens is 292 g/mol. The number of nitrogens with zero attached hydrogens (tertiary/aromatic N) is 1. The molecule has 1 N–H and O–H groups in total. The molecule has 1 atom stereocenters. The van der Waals surface area contributed by atoms with Gasteiger partial charge in [0, 0.05) is 23.4 Å². The molecule has 2 aromatic rings. The Morgan fingerprint density at radius 3 is 2.96 bits per heavy atom. The molecule has 4 rings (SSSR count). The Hall–Kier alpha value is -2.30. The number of benzene rings is 1. The van der Waals surface area contributed by atoms with Gasteiger partial charge in [0.15, 0.2) is 0 Å². The lowest BCUT2D eigenvalue weighted by Crippen LogP contribution is -2.35. The minimum atomic E-state index is 0.0967. The number of carbonyl (C=O) groups excluding carboxylic acids is 1. The molecule has 1 aromatic carbocycles. The van der Waals surface area contributed by atoms with Gasteiger partial charge in [0.25, 0.3) is 0 Å². The summed E-state index contributed by atoms with van der Waals surface area (Å²) in [6.45, 7) is 2.48. The molecular formula is C18H20N2O3. The van der Waals surface area contributed by atoms with Crippen molar-refractivity contribution in [2.45, 2.75) is 32.2 Å². The van der Waals surface area contributed by atoms with Crippen LogP contribution in [0, 0.1) is 12.3 Å². The van der Waals surface area contributed by atoms with Crippen molar-refractivity contribution >= 4 is 16.7 Å². The molecule has 23 heavy (non-hydrogen) atoms. The summed E-state index contributed by atoms with van der Waals surface area (Å²) in [5.41, 5.74) is 1.22. The summed E-state index contributed by atoms with van der Waals surface area (Å²) in [6, 6.07) is 6.10. The minimum Gasteiger partial charge on any atom is -0.496 e. The van der Waals surface area contributed by atoms with E-state index in [1.54, 1.807) is 13.3 Å². The van der Waals surface area contributed by atoms with Crippen LogP contribution < -0.4 is 14.8 Å². The maximum absolute atomic E-state index is 11.7. The minimum absolute atomic E-state index is 0.0967. The average molecular weight is 312 g/mol. The number of amides is 1. The summed E-state index contributed by atoms with van der Waals surface area (Å²) in [5.74, 6) is 1.56. The highest BCUT2D eigenvalue weighted by Crippen LogP contribution is 2.54. The van der Waals surface area contributed by atoms with E-state index in [0.717, 1.165) is 34.9 Å². The zero-order valence-electron chi connectivity index (χ0n) is 13.4. The van der Waals surface area contributed by atoms with Crippen LogP contribution in [0.2, 0.25) is 0 Å². The van der Waals surface area contributed by atoms with Gasteiger partial charge in [-0.2, -0.15) is 0 Å². The zero-order valence-corrected chi connectivity index (χ0v) is 13.4. The second kappa shape index (κ2) is 5.11. The van der Waals surface area contributed by atoms with Crippen molar-refractivity contribution in [3.63, 3.8) is 0 Å². The SMILES string of the molecule is COc1cc2c(OCC3NC(=O)CC34CC4)nccc2cc1C. The van der Waals surface area contributed by atoms with Gasteiger partial charge < -0.3 is 14.8 Å². The van der Waals surface area contributed by atoms with E-state index in [1.165, 1.54) is 0 Å². The van der Waals surface area contributed by atoms with Crippen molar-refractivity contribution in [2.24, 2.45) is 5.41 Å². The lowest BCUT2D eigenvalue weighted by molar-refractivity contribution is -0.119. The predicted octanol–water partition coefficient (Wildman–Crippen LogP) is 2.60. The fourth-order valence-corrected chi connectivity index (χ4v) is 3.53. The molecule has 1 aliphatic heterocycles. The Morgan fingerprint density at radius 2 is 2.22 bits per heavy atom. The van der Waals surface area contributed by atoms with Crippen LogP contribution in [-0.4, -0.2) is 30.6 Å². The fourth-order valence-electron chi connectivity index (χ4n) is 3.53. The Labute approximate surface area is 135 Å². The molecule has 5 heteroatoms. The van der Waals surface area contributed by atoms with Crippen LogP contribution in [0.4, 0.5) is 0 Å². The van der Waals surface area contributed by atoms with Crippen molar-refractivity contribution in [1.29, 1.82) is 0 Å². The summed E-state index contributed by atoms with van der Waals surface area (Å²) < 4.78 is 11.4. The highest BCUT2D eigenvalue weighted by atomic mass is 16.5. The fraction of sp³-hybridized carbons (Fsp3) is 0.444. The molecule has 0 bridgehead atoms. The number of nitrogens with one attached hydrogen (secondary N) is 1. The molecule has 120 valence electrons. The molecule has 1 amide bonds. The zero-order chi connectivity index (χ0) is 16.0. The molecule has 0 radical (unpaired) electrons. The quantitative estimate of drug-likeness (QED) is 0.942. The predicted molar refractivity (Wildman–Crippen MR) is 86.7 cm³/mol. The van der Waals surface area contributed by atoms with E-state index in [0.29, 0.717) is 18.9 Å². The molecule has 1 aliphatic carbocycles. The smallest absolute Gasteiger partial charge is 0.221 e. The Kier molecular flexibility index (Phi) is 3.18. The van der Waals surface area contributed by atoms with E-state index in [-0.39, 0.29) is 17.4 Å². The summed E-state index contributed by atoms with van der Waals surface area (Å²) in [5, 5.41) is 5.05. The lowest BCUT2D eigenvalue weighted by atomic mass is 9.98. The number of fused-ring (bicyclic) bond motifs is 1. The van der Waals surface area contributed by atoms with Crippen molar-refractivity contribution in [3.8, 4) is 11.6 Å². The summed E-state index contributed by atoms with van der Waals surface area (Å²) in [7, 11) is 1.66. The first-order valence-corrected chi connectivity index (χ1v) is 7.97. The van der Waals surface area contributed by atoms with Crippen LogP contribution in [0.1, 0.15) is 24.8 Å². The highest BCUT2D eigenvalue weighted by Gasteiger charge is 2.55. The Morgan fingerprint density at radius 1 is 1.39 bits per heavy atom. The van der Waals surface area contributed by atoms with Gasteiger partial charge in [-0.3, -0.25) is 4.79 Å². The number of hydrogen-bond donors (Lipinski definition) is 1. The first kappa shape index (κ1) is 14.3. The number of aryl methyl sites for hydroxylation is 1. The standard InChI is InChI=1S/C18H20N2O3/c1-11-7-12-3-6-19-17(13(12)8-14(11)22-2)23-10-15-18(4-5-18)9-16(21)20-15/h3,6-8,15H,4-5,9-10H2,1-2H3,(H,20,21). The van der Waals surface area contributed by atoms with Gasteiger partial charge in [-0.25, -0.2) is 4.98 Å². The monoisotopic (exact) mass is 312 g/mol. The van der Waals surface area contributed by atoms with Crippen LogP contribution in [0.5, 0.6) is 11.6 Å². The van der Waals surface area contributed by atoms with Crippen LogP contribution >= 0.6 is 0 Å². The molecule has 1 spiro atoms. The van der Waals surface area contributed by atoms with Crippen LogP contribution in [0.3, 0.4) is 0 Å². The van der Waals surface area contributed by atoms with Crippen molar-refractivity contribution in [3.05, 3.63) is 30.0 Å². The third kappa shape index (κ3) is 2.40. The first-order chi connectivity index (χ1) is 11.1. The molecule has 5 nitrogen and oxygen atoms in total. The maximum Gasteiger partial charge on any atom is 0.221 e. The largest absolute Gasteiger partial charge is 0.496 e. The van der Waals surface area contributed by atoms with Crippen molar-refractivity contribution in [1.82, 2.24) is 10.3 Å². The van der Waals surface area contributed by atoms with E-state index >= 15 is 0 Å². The number of rotatable bonds is 4. The van der Waals surface area contributed by atoms with Gasteiger partial charge in [-0.15, -0.1) is 0 Å².